The number of fused-ring (bicyclic) bond motifs is 1. The summed E-state index contributed by atoms with van der Waals surface area (Å²) in [4.78, 5) is 9.66. The predicted octanol–water partition coefficient (Wildman–Crippen LogP) is 13.7. The van der Waals surface area contributed by atoms with E-state index in [0.717, 1.165) is 11.1 Å². The molecule has 0 unspecified atom stereocenters. The van der Waals surface area contributed by atoms with Crippen molar-refractivity contribution in [3.8, 4) is 67.5 Å². The fraction of sp³-hybridized carbons (Fsp3) is 0.192. The highest BCUT2D eigenvalue weighted by molar-refractivity contribution is 5.98. The van der Waals surface area contributed by atoms with Gasteiger partial charge in [-0.15, -0.1) is 0 Å². The maximum Gasteiger partial charge on any atom is 0.149 e. The van der Waals surface area contributed by atoms with E-state index in [2.05, 4.69) is 4.98 Å². The van der Waals surface area contributed by atoms with E-state index in [1.165, 1.54) is 18.2 Å². The van der Waals surface area contributed by atoms with Crippen LogP contribution in [0.4, 0.5) is 0 Å². The Morgan fingerprint density at radius 2 is 1.41 bits per heavy atom. The molecule has 0 saturated heterocycles. The summed E-state index contributed by atoms with van der Waals surface area (Å²) in [7, 11) is 0. The summed E-state index contributed by atoms with van der Waals surface area (Å²) < 4.78 is 148. The Bertz CT molecular complexity index is 3470. The summed E-state index contributed by atoms with van der Waals surface area (Å²) in [6.07, 6.45) is -0.594. The van der Waals surface area contributed by atoms with Crippen LogP contribution in [0.15, 0.2) is 146 Å². The molecule has 0 bridgehead atoms. The first-order chi connectivity index (χ1) is 33.8. The van der Waals surface area contributed by atoms with Gasteiger partial charge in [-0.3, -0.25) is 9.55 Å². The van der Waals surface area contributed by atoms with Crippen molar-refractivity contribution in [3.63, 3.8) is 0 Å². The van der Waals surface area contributed by atoms with Gasteiger partial charge in [-0.25, -0.2) is 4.98 Å². The summed E-state index contributed by atoms with van der Waals surface area (Å²) in [5.41, 5.74) is 0.364. The number of nitrogens with zero attached hydrogens (tertiary/aromatic N) is 3. The number of para-hydroxylation sites is 1. The summed E-state index contributed by atoms with van der Waals surface area (Å²) in [6.45, 7) is -1.15. The van der Waals surface area contributed by atoms with Gasteiger partial charge < -0.3 is 5.11 Å². The van der Waals surface area contributed by atoms with E-state index in [9.17, 15) is 6.48 Å². The van der Waals surface area contributed by atoms with E-state index in [1.807, 2.05) is 39.8 Å². The molecule has 2 aromatic heterocycles. The van der Waals surface area contributed by atoms with Gasteiger partial charge in [-0.1, -0.05) is 132 Å². The maximum atomic E-state index is 11.9. The molecule has 0 aliphatic carbocycles. The lowest BCUT2D eigenvalue weighted by Gasteiger charge is -2.23. The van der Waals surface area contributed by atoms with Crippen molar-refractivity contribution in [1.82, 2.24) is 14.5 Å². The van der Waals surface area contributed by atoms with Crippen molar-refractivity contribution in [3.05, 3.63) is 168 Å². The maximum absolute atomic E-state index is 11.9. The molecule has 0 amide bonds. The van der Waals surface area contributed by atoms with Gasteiger partial charge in [0.25, 0.3) is 0 Å². The number of phenols is 1. The van der Waals surface area contributed by atoms with E-state index in [0.29, 0.717) is 50.1 Å². The molecule has 4 heteroatoms. The minimum absolute atomic E-state index is 0.0939. The van der Waals surface area contributed by atoms with Crippen LogP contribution < -0.4 is 0 Å². The van der Waals surface area contributed by atoms with Crippen LogP contribution in [0, 0.1) is 13.8 Å². The van der Waals surface area contributed by atoms with E-state index >= 15 is 0 Å². The zero-order chi connectivity index (χ0) is 53.8. The molecule has 8 rings (SSSR count). The number of hydrogen-bond donors (Lipinski definition) is 1. The Morgan fingerprint density at radius 1 is 0.643 bits per heavy atom. The largest absolute Gasteiger partial charge is 0.507 e. The number of aromatic hydroxyl groups is 1. The first-order valence-corrected chi connectivity index (χ1v) is 18.1. The van der Waals surface area contributed by atoms with E-state index < -0.39 is 91.0 Å². The zero-order valence-electron chi connectivity index (χ0n) is 48.5. The third kappa shape index (κ3) is 6.92. The fourth-order valence-electron chi connectivity index (χ4n) is 7.01. The molecular weight excluding hydrogens is 683 g/mol. The summed E-state index contributed by atoms with van der Waals surface area (Å²) in [5, 5.41) is 11.9. The van der Waals surface area contributed by atoms with E-state index in [-0.39, 0.29) is 28.4 Å². The van der Waals surface area contributed by atoms with Gasteiger partial charge in [0.05, 0.1) is 38.9 Å². The van der Waals surface area contributed by atoms with Crippen LogP contribution in [0.2, 0.25) is 0 Å². The van der Waals surface area contributed by atoms with Crippen LogP contribution in [-0.4, -0.2) is 19.6 Å². The quantitative estimate of drug-likeness (QED) is 0.184. The van der Waals surface area contributed by atoms with Crippen molar-refractivity contribution in [2.75, 3.05) is 0 Å². The number of hydrogen-bond acceptors (Lipinski definition) is 3. The van der Waals surface area contributed by atoms with Gasteiger partial charge in [0.1, 0.15) is 11.6 Å². The zero-order valence-corrected chi connectivity index (χ0v) is 31.5. The smallest absolute Gasteiger partial charge is 0.149 e. The molecule has 0 atom stereocenters. The highest BCUT2D eigenvalue weighted by atomic mass is 16.3. The van der Waals surface area contributed by atoms with Crippen LogP contribution in [0.3, 0.4) is 0 Å². The highest BCUT2D eigenvalue weighted by Gasteiger charge is 2.25. The Labute approximate surface area is 355 Å². The Morgan fingerprint density at radius 3 is 2.16 bits per heavy atom. The number of pyridine rings is 1. The molecule has 278 valence electrons. The SMILES string of the molecule is [2H]c1nc(-c2cc(-c3cccc4c3nc(-c3cc(C)cc(C)c3O)n4-c3ccc(C(C([2H])([2H])[2H])(C([2H])([2H])[2H])C([2H])([2H])[2H])cc3-c3ccccc3)cc(C(C)(C)C)c2)c([2H])c(-c2c([2H])c([2H])c([2H])c([2H])c2[2H])c1[2H]. The average molecular weight is 749 g/mol. The van der Waals surface area contributed by atoms with Crippen molar-refractivity contribution in [1.29, 1.82) is 0 Å². The molecule has 56 heavy (non-hydrogen) atoms. The van der Waals surface area contributed by atoms with Crippen molar-refractivity contribution in [2.45, 2.75) is 66.0 Å². The van der Waals surface area contributed by atoms with Gasteiger partial charge >= 0.3 is 0 Å². The van der Waals surface area contributed by atoms with Crippen molar-refractivity contribution < 1.29 is 28.4 Å². The lowest BCUT2D eigenvalue weighted by Crippen LogP contribution is -2.12. The van der Waals surface area contributed by atoms with E-state index in [1.54, 1.807) is 78.2 Å². The van der Waals surface area contributed by atoms with Gasteiger partial charge in [0.2, 0.25) is 0 Å². The monoisotopic (exact) mass is 748 g/mol. The Balaban J connectivity index is 1.48. The molecule has 1 N–H and O–H groups in total. The molecule has 6 aromatic carbocycles. The van der Waals surface area contributed by atoms with Crippen LogP contribution in [0.25, 0.3) is 72.7 Å². The lowest BCUT2D eigenvalue weighted by molar-refractivity contribution is 0.472. The van der Waals surface area contributed by atoms with Gasteiger partial charge in [-0.2, -0.15) is 0 Å². The molecule has 2 heterocycles. The Kier molecular flexibility index (Phi) is 5.47. The fourth-order valence-corrected chi connectivity index (χ4v) is 7.01. The molecule has 4 nitrogen and oxygen atoms in total. The second-order valence-corrected chi connectivity index (χ2v) is 15.0. The minimum atomic E-state index is -3.55. The van der Waals surface area contributed by atoms with E-state index in [4.69, 9.17) is 26.9 Å². The number of aryl methyl sites for hydroxylation is 2. The van der Waals surface area contributed by atoms with Crippen molar-refractivity contribution >= 4 is 11.0 Å². The number of imidazole rings is 1. The molecule has 0 aliphatic rings. The number of benzene rings is 6. The average Bonchev–Trinajstić information content (AvgIpc) is 3.69. The molecule has 0 radical (unpaired) electrons. The minimum Gasteiger partial charge on any atom is -0.507 e. The molecular formula is C52H49N3O. The first kappa shape index (κ1) is 21.7. The summed E-state index contributed by atoms with van der Waals surface area (Å²) >= 11 is 0. The van der Waals surface area contributed by atoms with Gasteiger partial charge in [0, 0.05) is 35.2 Å². The third-order valence-corrected chi connectivity index (χ3v) is 9.85. The molecule has 8 aromatic rings. The number of aromatic nitrogens is 3. The standard InChI is InChI=1S/C52H49N3O/c1-33-26-34(2)49(56)44(27-33)50-54-48-42(20-15-21-47(48)55(50)46-23-22-40(51(3,4)5)32-43(46)36-18-13-10-14-19-36)38-28-39(30-41(29-38)52(6,7)8)45-31-37(24-25-53-45)35-16-11-9-12-17-35/h9-32,56H,1-8H3/i3D3,4D3,5D3,9D,11D,12D,16D,17D,24D,25D,31D. The second-order valence-electron chi connectivity index (χ2n) is 15.0. The third-order valence-electron chi connectivity index (χ3n) is 9.85. The molecule has 0 spiro atoms. The molecule has 0 aliphatic heterocycles. The second kappa shape index (κ2) is 14.1. The lowest BCUT2D eigenvalue weighted by atomic mass is 9.83. The Hall–Kier alpha value is -6.26. The summed E-state index contributed by atoms with van der Waals surface area (Å²) in [5.74, 6) is 0.110. The highest BCUT2D eigenvalue weighted by Crippen LogP contribution is 2.43. The van der Waals surface area contributed by atoms with Crippen LogP contribution >= 0.6 is 0 Å². The van der Waals surface area contributed by atoms with Crippen molar-refractivity contribution in [2.24, 2.45) is 0 Å². The van der Waals surface area contributed by atoms with Crippen LogP contribution in [-0.2, 0) is 10.8 Å². The molecule has 0 saturated carbocycles. The normalized spacial score (nSPS) is 17.1. The van der Waals surface area contributed by atoms with Crippen LogP contribution in [0.1, 0.15) is 86.9 Å². The number of rotatable bonds is 6. The first-order valence-electron chi connectivity index (χ1n) is 26.6. The molecule has 0 fully saturated rings. The topological polar surface area (TPSA) is 50.9 Å². The van der Waals surface area contributed by atoms with Gasteiger partial charge in [0.15, 0.2) is 0 Å². The summed E-state index contributed by atoms with van der Waals surface area (Å²) in [6, 6.07) is 22.6. The van der Waals surface area contributed by atoms with Crippen LogP contribution in [0.5, 0.6) is 5.75 Å². The van der Waals surface area contributed by atoms with Gasteiger partial charge in [-0.05, 0) is 118 Å². The predicted molar refractivity (Wildman–Crippen MR) is 235 cm³/mol. The number of phenolic OH excluding ortho intramolecular Hbond substituents is 1.